The Bertz CT molecular complexity index is 449. The number of hydrogen-bond acceptors (Lipinski definition) is 2. The van der Waals surface area contributed by atoms with E-state index in [1.165, 1.54) is 5.69 Å². The second kappa shape index (κ2) is 3.58. The number of aromatic nitrogens is 2. The van der Waals surface area contributed by atoms with E-state index in [1.54, 1.807) is 6.08 Å². The molecule has 1 aromatic heterocycles. The van der Waals surface area contributed by atoms with Crippen LogP contribution in [0.1, 0.15) is 48.9 Å². The van der Waals surface area contributed by atoms with E-state index in [-0.39, 0.29) is 11.2 Å². The average Bonchev–Trinajstić information content (AvgIpc) is 2.73. The number of ketones is 1. The van der Waals surface area contributed by atoms with Gasteiger partial charge in [0.05, 0.1) is 0 Å². The summed E-state index contributed by atoms with van der Waals surface area (Å²) in [6.07, 6.45) is 3.89. The molecule has 86 valence electrons. The lowest BCUT2D eigenvalue weighted by atomic mass is 9.87. The number of rotatable bonds is 2. The first-order valence-electron chi connectivity index (χ1n) is 5.72. The van der Waals surface area contributed by atoms with Crippen LogP contribution in [0.3, 0.4) is 0 Å². The quantitative estimate of drug-likeness (QED) is 0.715. The maximum Gasteiger partial charge on any atom is 0.188 e. The van der Waals surface area contributed by atoms with E-state index < -0.39 is 0 Å². The largest absolute Gasteiger partial charge is 0.292 e. The van der Waals surface area contributed by atoms with Gasteiger partial charge in [0, 0.05) is 23.2 Å². The molecule has 3 nitrogen and oxygen atoms in total. The van der Waals surface area contributed by atoms with E-state index in [9.17, 15) is 4.79 Å². The zero-order valence-corrected chi connectivity index (χ0v) is 10.2. The second-order valence-corrected chi connectivity index (χ2v) is 5.32. The van der Waals surface area contributed by atoms with Crippen LogP contribution >= 0.6 is 0 Å². The second-order valence-electron chi connectivity index (χ2n) is 5.32. The van der Waals surface area contributed by atoms with Gasteiger partial charge in [-0.15, -0.1) is 0 Å². The van der Waals surface area contributed by atoms with Gasteiger partial charge in [-0.3, -0.25) is 9.48 Å². The highest BCUT2D eigenvalue weighted by Gasteiger charge is 2.30. The van der Waals surface area contributed by atoms with Crippen molar-refractivity contribution in [1.82, 2.24) is 9.78 Å². The van der Waals surface area contributed by atoms with Crippen molar-refractivity contribution in [2.75, 3.05) is 0 Å². The van der Waals surface area contributed by atoms with Crippen molar-refractivity contribution < 1.29 is 4.79 Å². The fraction of sp³-hybridized carbons (Fsp3) is 0.538. The first-order chi connectivity index (χ1) is 7.45. The maximum absolute atomic E-state index is 12.2. The summed E-state index contributed by atoms with van der Waals surface area (Å²) in [5, 5.41) is 4.42. The van der Waals surface area contributed by atoms with E-state index in [2.05, 4.69) is 11.7 Å². The predicted octanol–water partition coefficient (Wildman–Crippen LogP) is 2.70. The molecule has 1 aliphatic heterocycles. The Hall–Kier alpha value is -1.38. The van der Waals surface area contributed by atoms with Crippen molar-refractivity contribution in [3.8, 4) is 0 Å². The smallest absolute Gasteiger partial charge is 0.188 e. The molecule has 2 rings (SSSR count). The van der Waals surface area contributed by atoms with Crippen LogP contribution < -0.4 is 0 Å². The molecule has 0 spiro atoms. The Labute approximate surface area is 96.2 Å². The van der Waals surface area contributed by atoms with Crippen molar-refractivity contribution >= 4 is 11.9 Å². The summed E-state index contributed by atoms with van der Waals surface area (Å²) < 4.78 is 1.95. The molecule has 0 N–H and O–H groups in total. The summed E-state index contributed by atoms with van der Waals surface area (Å²) in [5.41, 5.74) is 2.32. The van der Waals surface area contributed by atoms with Gasteiger partial charge in [0.1, 0.15) is 5.69 Å². The monoisotopic (exact) mass is 218 g/mol. The molecule has 3 heteroatoms. The first kappa shape index (κ1) is 11.1. The van der Waals surface area contributed by atoms with Crippen LogP contribution in [0.5, 0.6) is 0 Å². The highest BCUT2D eigenvalue weighted by molar-refractivity contribution is 6.01. The van der Waals surface area contributed by atoms with Gasteiger partial charge in [0.25, 0.3) is 0 Å². The van der Waals surface area contributed by atoms with E-state index in [1.807, 2.05) is 25.5 Å². The van der Waals surface area contributed by atoms with Crippen molar-refractivity contribution in [3.05, 3.63) is 23.5 Å². The number of aryl methyl sites for hydroxylation is 1. The molecule has 0 unspecified atom stereocenters. The summed E-state index contributed by atoms with van der Waals surface area (Å²) in [6, 6.07) is 0. The third-order valence-electron chi connectivity index (χ3n) is 2.98. The Morgan fingerprint density at radius 2 is 2.19 bits per heavy atom. The van der Waals surface area contributed by atoms with Gasteiger partial charge in [-0.05, 0) is 12.8 Å². The van der Waals surface area contributed by atoms with Gasteiger partial charge >= 0.3 is 0 Å². The Kier molecular flexibility index (Phi) is 2.49. The summed E-state index contributed by atoms with van der Waals surface area (Å²) in [5.74, 6) is 0.101. The number of fused-ring (bicyclic) bond motifs is 1. The molecule has 0 amide bonds. The molecule has 1 aromatic rings. The number of carbonyl (C=O) groups is 1. The van der Waals surface area contributed by atoms with Gasteiger partial charge < -0.3 is 0 Å². The molecule has 0 saturated carbocycles. The lowest BCUT2D eigenvalue weighted by Crippen LogP contribution is -2.21. The van der Waals surface area contributed by atoms with E-state index in [0.29, 0.717) is 5.69 Å². The molecule has 1 aliphatic rings. The van der Waals surface area contributed by atoms with Crippen molar-refractivity contribution in [2.45, 2.75) is 40.2 Å². The zero-order chi connectivity index (χ0) is 11.9. The Morgan fingerprint density at radius 1 is 1.50 bits per heavy atom. The minimum Gasteiger partial charge on any atom is -0.292 e. The molecule has 0 saturated heterocycles. The predicted molar refractivity (Wildman–Crippen MR) is 64.4 cm³/mol. The lowest BCUT2D eigenvalue weighted by Gasteiger charge is -2.15. The number of carbonyl (C=O) groups excluding carboxylic acids is 1. The van der Waals surface area contributed by atoms with Crippen LogP contribution in [0.15, 0.2) is 6.58 Å². The van der Waals surface area contributed by atoms with Crippen LogP contribution in [0.4, 0.5) is 0 Å². The lowest BCUT2D eigenvalue weighted by molar-refractivity contribution is 0.0851. The fourth-order valence-corrected chi connectivity index (χ4v) is 2.09. The fourth-order valence-electron chi connectivity index (χ4n) is 2.09. The van der Waals surface area contributed by atoms with Gasteiger partial charge in [-0.1, -0.05) is 33.4 Å². The molecule has 0 bridgehead atoms. The summed E-state index contributed by atoms with van der Waals surface area (Å²) >= 11 is 0. The molecule has 2 heterocycles. The molecule has 0 fully saturated rings. The topological polar surface area (TPSA) is 34.9 Å². The van der Waals surface area contributed by atoms with Crippen LogP contribution in [0, 0.1) is 5.41 Å². The van der Waals surface area contributed by atoms with Crippen molar-refractivity contribution in [1.29, 1.82) is 0 Å². The highest BCUT2D eigenvalue weighted by Crippen LogP contribution is 2.28. The van der Waals surface area contributed by atoms with E-state index in [4.69, 9.17) is 0 Å². The highest BCUT2D eigenvalue weighted by atomic mass is 16.1. The molecular weight excluding hydrogens is 200 g/mol. The molecule has 0 radical (unpaired) electrons. The minimum atomic E-state index is -0.382. The summed E-state index contributed by atoms with van der Waals surface area (Å²) in [6.45, 7) is 10.5. The van der Waals surface area contributed by atoms with Crippen LogP contribution in [-0.4, -0.2) is 15.6 Å². The van der Waals surface area contributed by atoms with Gasteiger partial charge in [0.2, 0.25) is 0 Å². The van der Waals surface area contributed by atoms with Gasteiger partial charge in [-0.2, -0.15) is 5.10 Å². The molecule has 0 aromatic carbocycles. The number of Topliss-reactive ketones (excluding diaryl/α,β-unsaturated/α-hetero) is 1. The van der Waals surface area contributed by atoms with Gasteiger partial charge in [0.15, 0.2) is 5.78 Å². The Morgan fingerprint density at radius 3 is 2.75 bits per heavy atom. The summed E-state index contributed by atoms with van der Waals surface area (Å²) in [4.78, 5) is 12.2. The molecular formula is C13H18N2O. The molecule has 0 aliphatic carbocycles. The molecule has 16 heavy (non-hydrogen) atoms. The normalized spacial score (nSPS) is 14.9. The van der Waals surface area contributed by atoms with Crippen LogP contribution in [0.2, 0.25) is 0 Å². The first-order valence-corrected chi connectivity index (χ1v) is 5.72. The van der Waals surface area contributed by atoms with Crippen LogP contribution in [0.25, 0.3) is 6.08 Å². The SMILES string of the molecule is C=Cc1c(C(=O)C(C)(C)C)nn2c1CCC2. The standard InChI is InChI=1S/C13H18N2O/c1-5-9-10-7-6-8-15(10)14-11(9)12(16)13(2,3)4/h5H,1,6-8H2,2-4H3. The third kappa shape index (κ3) is 1.60. The zero-order valence-electron chi connectivity index (χ0n) is 10.2. The number of hydrogen-bond donors (Lipinski definition) is 0. The van der Waals surface area contributed by atoms with Crippen molar-refractivity contribution in [2.24, 2.45) is 5.41 Å². The number of nitrogens with zero attached hydrogens (tertiary/aromatic N) is 2. The maximum atomic E-state index is 12.2. The Balaban J connectivity index is 2.51. The molecule has 0 atom stereocenters. The minimum absolute atomic E-state index is 0.101. The summed E-state index contributed by atoms with van der Waals surface area (Å²) in [7, 11) is 0. The average molecular weight is 218 g/mol. The van der Waals surface area contributed by atoms with Gasteiger partial charge in [-0.25, -0.2) is 0 Å². The van der Waals surface area contributed by atoms with Crippen LogP contribution in [-0.2, 0) is 13.0 Å². The van der Waals surface area contributed by atoms with E-state index >= 15 is 0 Å². The third-order valence-corrected chi connectivity index (χ3v) is 2.98. The van der Waals surface area contributed by atoms with E-state index in [0.717, 1.165) is 24.9 Å². The van der Waals surface area contributed by atoms with Crippen molar-refractivity contribution in [3.63, 3.8) is 0 Å².